The first-order chi connectivity index (χ1) is 19.6. The summed E-state index contributed by atoms with van der Waals surface area (Å²) in [6.45, 7) is 13.0. The van der Waals surface area contributed by atoms with Crippen LogP contribution >= 0.6 is 0 Å². The van der Waals surface area contributed by atoms with E-state index in [1.165, 1.54) is 6.07 Å². The zero-order valence-corrected chi connectivity index (χ0v) is 25.3. The Labute approximate surface area is 246 Å². The van der Waals surface area contributed by atoms with Crippen molar-refractivity contribution in [1.29, 1.82) is 0 Å². The van der Waals surface area contributed by atoms with Gasteiger partial charge in [0.1, 0.15) is 22.7 Å². The van der Waals surface area contributed by atoms with Crippen LogP contribution in [-0.4, -0.2) is 69.8 Å². The fourth-order valence-corrected chi connectivity index (χ4v) is 5.19. The third-order valence-electron chi connectivity index (χ3n) is 7.19. The molecule has 1 aromatic heterocycles. The summed E-state index contributed by atoms with van der Waals surface area (Å²) in [4.78, 5) is 31.1. The maximum Gasteiger partial charge on any atom is 0.410 e. The topological polar surface area (TPSA) is 75.5 Å². The molecule has 2 heterocycles. The molecule has 1 saturated carbocycles. The second-order valence-corrected chi connectivity index (χ2v) is 13.0. The number of hydrogen-bond donors (Lipinski definition) is 0. The zero-order chi connectivity index (χ0) is 30.8. The number of furan rings is 1. The molecule has 42 heavy (non-hydrogen) atoms. The zero-order valence-electron chi connectivity index (χ0n) is 25.3. The van der Waals surface area contributed by atoms with Gasteiger partial charge in [-0.1, -0.05) is 12.0 Å². The Bertz CT molecular complexity index is 1320. The van der Waals surface area contributed by atoms with Crippen LogP contribution in [0.2, 0.25) is 0 Å². The normalized spacial score (nSPS) is 20.4. The van der Waals surface area contributed by atoms with Crippen molar-refractivity contribution >= 4 is 12.2 Å². The summed E-state index contributed by atoms with van der Waals surface area (Å²) in [6, 6.07) is 7.32. The third-order valence-corrected chi connectivity index (χ3v) is 7.19. The number of benzene rings is 1. The van der Waals surface area contributed by atoms with Crippen molar-refractivity contribution in [3.8, 4) is 12.3 Å². The van der Waals surface area contributed by atoms with Crippen LogP contribution in [0.15, 0.2) is 34.7 Å². The molecule has 10 heteroatoms. The largest absolute Gasteiger partial charge is 0.463 e. The van der Waals surface area contributed by atoms with Crippen LogP contribution in [0.4, 0.5) is 18.4 Å². The summed E-state index contributed by atoms with van der Waals surface area (Å²) < 4.78 is 44.7. The van der Waals surface area contributed by atoms with Gasteiger partial charge in [0.25, 0.3) is 0 Å². The molecule has 2 amide bonds. The molecule has 1 aliphatic heterocycles. The number of ether oxygens (including phenoxy) is 2. The lowest BCUT2D eigenvalue weighted by Gasteiger charge is -2.28. The fraction of sp³-hybridized carbons (Fsp3) is 0.562. The Morgan fingerprint density at radius 2 is 1.69 bits per heavy atom. The molecule has 2 fully saturated rings. The number of carbonyl (C=O) groups is 2. The molecule has 2 aromatic rings. The highest BCUT2D eigenvalue weighted by Gasteiger charge is 2.46. The highest BCUT2D eigenvalue weighted by Crippen LogP contribution is 2.46. The second kappa shape index (κ2) is 12.3. The van der Waals surface area contributed by atoms with Gasteiger partial charge in [0.2, 0.25) is 0 Å². The number of nitrogens with zero attached hydrogens (tertiary/aromatic N) is 3. The molecule has 1 aromatic carbocycles. The number of terminal acetylenes is 1. The summed E-state index contributed by atoms with van der Waals surface area (Å²) in [5, 5.41) is 0. The van der Waals surface area contributed by atoms with Gasteiger partial charge in [0.15, 0.2) is 11.6 Å². The van der Waals surface area contributed by atoms with Crippen molar-refractivity contribution in [2.24, 2.45) is 0 Å². The molecule has 1 aliphatic carbocycles. The van der Waals surface area contributed by atoms with Crippen molar-refractivity contribution in [3.63, 3.8) is 0 Å². The van der Waals surface area contributed by atoms with Gasteiger partial charge < -0.3 is 18.8 Å². The quantitative estimate of drug-likeness (QED) is 0.339. The first-order valence-electron chi connectivity index (χ1n) is 14.3. The molecule has 0 bridgehead atoms. The van der Waals surface area contributed by atoms with Crippen molar-refractivity contribution in [2.45, 2.75) is 96.7 Å². The first-order valence-corrected chi connectivity index (χ1v) is 14.3. The number of likely N-dealkylation sites (tertiary alicyclic amines) is 1. The van der Waals surface area contributed by atoms with E-state index in [0.29, 0.717) is 49.7 Å². The molecule has 1 unspecified atom stereocenters. The number of halogens is 2. The minimum atomic E-state index is -0.911. The molecule has 4 rings (SSSR count). The predicted molar refractivity (Wildman–Crippen MR) is 153 cm³/mol. The van der Waals surface area contributed by atoms with Gasteiger partial charge >= 0.3 is 12.2 Å². The summed E-state index contributed by atoms with van der Waals surface area (Å²) in [6.07, 6.45) is 6.19. The van der Waals surface area contributed by atoms with E-state index in [1.54, 1.807) is 36.6 Å². The van der Waals surface area contributed by atoms with Gasteiger partial charge in [-0.15, -0.1) is 6.42 Å². The molecular weight excluding hydrogens is 544 g/mol. The predicted octanol–water partition coefficient (Wildman–Crippen LogP) is 6.30. The molecule has 8 nitrogen and oxygen atoms in total. The minimum Gasteiger partial charge on any atom is -0.463 e. The molecule has 2 aliphatic rings. The summed E-state index contributed by atoms with van der Waals surface area (Å²) >= 11 is 0. The molecule has 0 N–H and O–H groups in total. The van der Waals surface area contributed by atoms with E-state index in [0.717, 1.165) is 12.5 Å². The van der Waals surface area contributed by atoms with Gasteiger partial charge in [-0.25, -0.2) is 18.4 Å². The average molecular weight is 586 g/mol. The number of rotatable bonds is 8. The van der Waals surface area contributed by atoms with Crippen molar-refractivity contribution in [2.75, 3.05) is 19.6 Å². The average Bonchev–Trinajstić information content (AvgIpc) is 3.27. The maximum absolute atomic E-state index is 13.9. The lowest BCUT2D eigenvalue weighted by Crippen LogP contribution is -2.40. The van der Waals surface area contributed by atoms with E-state index in [-0.39, 0.29) is 30.6 Å². The summed E-state index contributed by atoms with van der Waals surface area (Å²) in [5.74, 6) is 1.99. The standard InChI is InChI=1S/C32H41F2N3O5/c1-8-14-35(22-13-15-36(18-22)29(38)41-31(2,3)4)19-23-10-11-24(40-23)20-37(30(39)42-32(5,6)7)28-17-25(28)21-9-12-26(33)27(34)16-21/h1,9-12,16,22,25,28H,13-15,17-20H2,2-7H3/t22?,25-,28+/m0/s1. The highest BCUT2D eigenvalue weighted by atomic mass is 19.2. The fourth-order valence-electron chi connectivity index (χ4n) is 5.19. The Morgan fingerprint density at radius 1 is 1.02 bits per heavy atom. The van der Waals surface area contributed by atoms with Crippen molar-refractivity contribution < 1.29 is 32.3 Å². The second-order valence-electron chi connectivity index (χ2n) is 13.0. The molecular formula is C32H41F2N3O5. The molecule has 0 spiro atoms. The number of carbonyl (C=O) groups excluding carboxylic acids is 2. The van der Waals surface area contributed by atoms with E-state index in [2.05, 4.69) is 10.8 Å². The molecule has 228 valence electrons. The van der Waals surface area contributed by atoms with Gasteiger partial charge in [-0.3, -0.25) is 9.80 Å². The van der Waals surface area contributed by atoms with E-state index in [4.69, 9.17) is 20.3 Å². The molecule has 1 saturated heterocycles. The monoisotopic (exact) mass is 585 g/mol. The Hall–Kier alpha value is -3.58. The van der Waals surface area contributed by atoms with Gasteiger partial charge in [-0.2, -0.15) is 0 Å². The van der Waals surface area contributed by atoms with Crippen LogP contribution in [0, 0.1) is 24.0 Å². The van der Waals surface area contributed by atoms with Gasteiger partial charge in [-0.05, 0) is 84.2 Å². The first kappa shape index (κ1) is 31.4. The lowest BCUT2D eigenvalue weighted by molar-refractivity contribution is 0.0196. The van der Waals surface area contributed by atoms with Crippen LogP contribution in [0.3, 0.4) is 0 Å². The van der Waals surface area contributed by atoms with Crippen LogP contribution < -0.4 is 0 Å². The van der Waals surface area contributed by atoms with Gasteiger partial charge in [0.05, 0.1) is 19.6 Å². The maximum atomic E-state index is 13.9. The molecule has 3 atom stereocenters. The van der Waals surface area contributed by atoms with E-state index in [1.807, 2.05) is 32.9 Å². The van der Waals surface area contributed by atoms with E-state index in [9.17, 15) is 18.4 Å². The van der Waals surface area contributed by atoms with Gasteiger partial charge in [0, 0.05) is 31.1 Å². The SMILES string of the molecule is C#CCN(Cc1ccc(CN(C(=O)OC(C)(C)C)[C@@H]2C[C@H]2c2ccc(F)c(F)c2)o1)C1CCN(C(=O)OC(C)(C)C)C1. The van der Waals surface area contributed by atoms with Crippen LogP contribution in [-0.2, 0) is 22.6 Å². The van der Waals surface area contributed by atoms with Crippen molar-refractivity contribution in [1.82, 2.24) is 14.7 Å². The van der Waals surface area contributed by atoms with E-state index >= 15 is 0 Å². The lowest BCUT2D eigenvalue weighted by atomic mass is 10.1. The Balaban J connectivity index is 1.43. The summed E-state index contributed by atoms with van der Waals surface area (Å²) in [5.41, 5.74) is -0.643. The van der Waals surface area contributed by atoms with Crippen LogP contribution in [0.25, 0.3) is 0 Å². The number of amides is 2. The number of hydrogen-bond acceptors (Lipinski definition) is 6. The minimum absolute atomic E-state index is 0.0451. The van der Waals surface area contributed by atoms with Crippen molar-refractivity contribution in [3.05, 3.63) is 59.1 Å². The molecule has 0 radical (unpaired) electrons. The smallest absolute Gasteiger partial charge is 0.410 e. The van der Waals surface area contributed by atoms with Crippen LogP contribution in [0.5, 0.6) is 0 Å². The Morgan fingerprint density at radius 3 is 2.31 bits per heavy atom. The third kappa shape index (κ3) is 8.25. The van der Waals surface area contributed by atoms with E-state index < -0.39 is 28.9 Å². The summed E-state index contributed by atoms with van der Waals surface area (Å²) in [7, 11) is 0. The highest BCUT2D eigenvalue weighted by molar-refractivity contribution is 5.69. The van der Waals surface area contributed by atoms with Crippen LogP contribution in [0.1, 0.15) is 77.4 Å². The Kier molecular flexibility index (Phi) is 9.21.